The average Bonchev–Trinajstić information content (AvgIpc) is 2.66. The van der Waals surface area contributed by atoms with E-state index in [0.29, 0.717) is 6.42 Å². The van der Waals surface area contributed by atoms with E-state index in [0.717, 1.165) is 5.56 Å². The fourth-order valence-corrected chi connectivity index (χ4v) is 2.39. The topological polar surface area (TPSA) is 84.5 Å². The molecule has 0 radical (unpaired) electrons. The molecule has 0 saturated heterocycles. The van der Waals surface area contributed by atoms with Crippen LogP contribution in [0.5, 0.6) is 0 Å². The van der Waals surface area contributed by atoms with Gasteiger partial charge in [-0.15, -0.1) is 0 Å². The predicted molar refractivity (Wildman–Crippen MR) is 99.2 cm³/mol. The Labute approximate surface area is 156 Å². The van der Waals surface area contributed by atoms with Crippen LogP contribution in [-0.2, 0) is 20.7 Å². The summed E-state index contributed by atoms with van der Waals surface area (Å²) < 4.78 is 4.63. The van der Waals surface area contributed by atoms with E-state index in [1.807, 2.05) is 30.3 Å². The summed E-state index contributed by atoms with van der Waals surface area (Å²) in [5.74, 6) is -1.20. The summed E-state index contributed by atoms with van der Waals surface area (Å²) in [6.07, 6.45) is 0.886. The second kappa shape index (κ2) is 9.58. The van der Waals surface area contributed by atoms with Gasteiger partial charge in [0.2, 0.25) is 11.8 Å². The maximum absolute atomic E-state index is 12.0. The van der Waals surface area contributed by atoms with Crippen molar-refractivity contribution in [3.63, 3.8) is 0 Å². The number of hydrogen-bond acceptors (Lipinski definition) is 4. The molecule has 6 nitrogen and oxygen atoms in total. The highest BCUT2D eigenvalue weighted by molar-refractivity contribution is 6.33. The fraction of sp³-hybridized carbons (Fsp3) is 0.211. The zero-order valence-corrected chi connectivity index (χ0v) is 15.0. The lowest BCUT2D eigenvalue weighted by Crippen LogP contribution is -2.33. The highest BCUT2D eigenvalue weighted by Crippen LogP contribution is 2.23. The number of anilines is 1. The first-order valence-corrected chi connectivity index (χ1v) is 8.35. The maximum atomic E-state index is 12.0. The van der Waals surface area contributed by atoms with Crippen LogP contribution in [0.1, 0.15) is 22.3 Å². The summed E-state index contributed by atoms with van der Waals surface area (Å²) in [4.78, 5) is 35.4. The van der Waals surface area contributed by atoms with Crippen LogP contribution < -0.4 is 10.6 Å². The van der Waals surface area contributed by atoms with Crippen LogP contribution in [0, 0.1) is 0 Å². The molecule has 0 fully saturated rings. The molecule has 2 N–H and O–H groups in total. The molecule has 0 aromatic heterocycles. The molecular formula is C19H19ClN2O4. The summed E-state index contributed by atoms with van der Waals surface area (Å²) in [6.45, 7) is -0.188. The monoisotopic (exact) mass is 374 g/mol. The van der Waals surface area contributed by atoms with Crippen LogP contribution in [0.15, 0.2) is 48.5 Å². The van der Waals surface area contributed by atoms with Crippen molar-refractivity contribution in [3.8, 4) is 0 Å². The smallest absolute Gasteiger partial charge is 0.337 e. The van der Waals surface area contributed by atoms with Crippen LogP contribution in [0.25, 0.3) is 0 Å². The third kappa shape index (κ3) is 5.89. The lowest BCUT2D eigenvalue weighted by molar-refractivity contribution is -0.124. The minimum atomic E-state index is -0.536. The third-order valence-electron chi connectivity index (χ3n) is 3.59. The molecule has 2 aromatic carbocycles. The van der Waals surface area contributed by atoms with Gasteiger partial charge >= 0.3 is 5.97 Å². The molecule has 0 aliphatic heterocycles. The number of halogens is 1. The van der Waals surface area contributed by atoms with E-state index < -0.39 is 11.9 Å². The van der Waals surface area contributed by atoms with E-state index in [9.17, 15) is 14.4 Å². The SMILES string of the molecule is COC(=O)c1ccc(Cl)c(NC(=O)CNC(=O)CCc2ccccc2)c1. The minimum absolute atomic E-state index is 0.188. The molecule has 0 atom stereocenters. The van der Waals surface area contributed by atoms with Crippen molar-refractivity contribution in [2.45, 2.75) is 12.8 Å². The molecule has 0 aliphatic rings. The van der Waals surface area contributed by atoms with E-state index in [2.05, 4.69) is 15.4 Å². The van der Waals surface area contributed by atoms with Crippen LogP contribution in [-0.4, -0.2) is 31.4 Å². The quantitative estimate of drug-likeness (QED) is 0.730. The number of aryl methyl sites for hydroxylation is 1. The van der Waals surface area contributed by atoms with Crippen molar-refractivity contribution >= 4 is 35.1 Å². The van der Waals surface area contributed by atoms with Gasteiger partial charge in [-0.2, -0.15) is 0 Å². The summed E-state index contributed by atoms with van der Waals surface area (Å²) in [7, 11) is 1.26. The van der Waals surface area contributed by atoms with Crippen molar-refractivity contribution in [2.75, 3.05) is 19.0 Å². The van der Waals surface area contributed by atoms with Gasteiger partial charge in [-0.05, 0) is 30.2 Å². The number of methoxy groups -OCH3 is 1. The first kappa shape index (κ1) is 19.5. The van der Waals surface area contributed by atoms with E-state index >= 15 is 0 Å². The van der Waals surface area contributed by atoms with Gasteiger partial charge in [0.1, 0.15) is 0 Å². The molecule has 0 aliphatic carbocycles. The van der Waals surface area contributed by atoms with Gasteiger partial charge in [0.15, 0.2) is 0 Å². The summed E-state index contributed by atoms with van der Waals surface area (Å²) >= 11 is 6.01. The Hall–Kier alpha value is -2.86. The zero-order chi connectivity index (χ0) is 18.9. The Morgan fingerprint density at radius 3 is 2.46 bits per heavy atom. The Morgan fingerprint density at radius 1 is 1.04 bits per heavy atom. The number of rotatable bonds is 7. The lowest BCUT2D eigenvalue weighted by atomic mass is 10.1. The standard InChI is InChI=1S/C19H19ClN2O4/c1-26-19(25)14-8-9-15(20)16(11-14)22-18(24)12-21-17(23)10-7-13-5-3-2-4-6-13/h2-6,8-9,11H,7,10,12H2,1H3,(H,21,23)(H,22,24). The Kier molecular flexibility index (Phi) is 7.17. The zero-order valence-electron chi connectivity index (χ0n) is 14.3. The van der Waals surface area contributed by atoms with Crippen LogP contribution >= 0.6 is 11.6 Å². The van der Waals surface area contributed by atoms with E-state index in [1.165, 1.54) is 25.3 Å². The van der Waals surface area contributed by atoms with Crippen LogP contribution in [0.4, 0.5) is 5.69 Å². The largest absolute Gasteiger partial charge is 0.465 e. The highest BCUT2D eigenvalue weighted by atomic mass is 35.5. The van der Waals surface area contributed by atoms with Gasteiger partial charge in [0.05, 0.1) is 29.9 Å². The van der Waals surface area contributed by atoms with Crippen molar-refractivity contribution in [1.29, 1.82) is 0 Å². The number of nitrogens with one attached hydrogen (secondary N) is 2. The molecule has 7 heteroatoms. The molecular weight excluding hydrogens is 356 g/mol. The normalized spacial score (nSPS) is 10.1. The Morgan fingerprint density at radius 2 is 1.77 bits per heavy atom. The number of carbonyl (C=O) groups excluding carboxylic acids is 3. The van der Waals surface area contributed by atoms with Crippen molar-refractivity contribution < 1.29 is 19.1 Å². The van der Waals surface area contributed by atoms with Gasteiger partial charge in [0, 0.05) is 6.42 Å². The van der Waals surface area contributed by atoms with Crippen LogP contribution in [0.3, 0.4) is 0 Å². The molecule has 136 valence electrons. The number of amides is 2. The van der Waals surface area contributed by atoms with Gasteiger partial charge in [0.25, 0.3) is 0 Å². The second-order valence-corrected chi connectivity index (χ2v) is 5.90. The van der Waals surface area contributed by atoms with Crippen molar-refractivity contribution in [2.24, 2.45) is 0 Å². The number of hydrogen-bond donors (Lipinski definition) is 2. The van der Waals surface area contributed by atoms with Crippen molar-refractivity contribution in [3.05, 3.63) is 64.7 Å². The Bertz CT molecular complexity index is 793. The van der Waals surface area contributed by atoms with Gasteiger partial charge < -0.3 is 15.4 Å². The molecule has 2 rings (SSSR count). The summed E-state index contributed by atoms with van der Waals surface area (Å²) in [6, 6.07) is 14.0. The molecule has 0 spiro atoms. The third-order valence-corrected chi connectivity index (χ3v) is 3.92. The van der Waals surface area contributed by atoms with E-state index in [1.54, 1.807) is 0 Å². The first-order chi connectivity index (χ1) is 12.5. The lowest BCUT2D eigenvalue weighted by Gasteiger charge is -2.10. The molecule has 0 heterocycles. The number of esters is 1. The predicted octanol–water partition coefficient (Wildman–Crippen LogP) is 2.81. The van der Waals surface area contributed by atoms with Gasteiger partial charge in [-0.3, -0.25) is 9.59 Å². The number of carbonyl (C=O) groups is 3. The first-order valence-electron chi connectivity index (χ1n) is 7.98. The molecule has 0 saturated carbocycles. The van der Waals surface area contributed by atoms with Gasteiger partial charge in [-0.25, -0.2) is 4.79 Å². The number of benzene rings is 2. The molecule has 2 aromatic rings. The van der Waals surface area contributed by atoms with Crippen LogP contribution in [0.2, 0.25) is 5.02 Å². The minimum Gasteiger partial charge on any atom is -0.465 e. The summed E-state index contributed by atoms with van der Waals surface area (Å²) in [5.41, 5.74) is 1.59. The Balaban J connectivity index is 1.83. The molecule has 2 amide bonds. The van der Waals surface area contributed by atoms with E-state index in [-0.39, 0.29) is 35.1 Å². The van der Waals surface area contributed by atoms with E-state index in [4.69, 9.17) is 11.6 Å². The molecule has 26 heavy (non-hydrogen) atoms. The summed E-state index contributed by atoms with van der Waals surface area (Å²) in [5, 5.41) is 5.40. The average molecular weight is 375 g/mol. The second-order valence-electron chi connectivity index (χ2n) is 5.50. The molecule has 0 bridgehead atoms. The van der Waals surface area contributed by atoms with Gasteiger partial charge in [-0.1, -0.05) is 41.9 Å². The fourth-order valence-electron chi connectivity index (χ4n) is 2.23. The number of ether oxygens (including phenoxy) is 1. The molecule has 0 unspecified atom stereocenters. The highest BCUT2D eigenvalue weighted by Gasteiger charge is 2.12. The maximum Gasteiger partial charge on any atom is 0.337 e. The van der Waals surface area contributed by atoms with Crippen molar-refractivity contribution in [1.82, 2.24) is 5.32 Å².